The maximum atomic E-state index is 12.6. The molecule has 0 atom stereocenters. The average Bonchev–Trinajstić information content (AvgIpc) is 2.82. The van der Waals surface area contributed by atoms with Crippen molar-refractivity contribution in [1.82, 2.24) is 0 Å². The molecule has 0 aromatic heterocycles. The number of carbonyl (C=O) groups is 1. The minimum Gasteiger partial charge on any atom is -0.494 e. The Labute approximate surface area is 196 Å². The summed E-state index contributed by atoms with van der Waals surface area (Å²) >= 11 is 0. The SMILES string of the molecule is CCOc1ccc(OCCC/C(=C/c2ccccc2)c2c(C)cc(C)cc2C(=O)OC)cc1. The van der Waals surface area contributed by atoms with Crippen molar-refractivity contribution in [2.45, 2.75) is 33.6 Å². The zero-order valence-corrected chi connectivity index (χ0v) is 19.9. The number of ether oxygens (including phenoxy) is 3. The molecule has 0 fully saturated rings. The molecule has 0 amide bonds. The highest BCUT2D eigenvalue weighted by atomic mass is 16.5. The molecule has 3 rings (SSSR count). The molecule has 0 aliphatic heterocycles. The Balaban J connectivity index is 1.82. The van der Waals surface area contributed by atoms with Gasteiger partial charge in [-0.2, -0.15) is 0 Å². The molecule has 0 radical (unpaired) electrons. The van der Waals surface area contributed by atoms with Gasteiger partial charge in [0.15, 0.2) is 0 Å². The Morgan fingerprint density at radius 1 is 0.909 bits per heavy atom. The lowest BCUT2D eigenvalue weighted by Gasteiger charge is -2.17. The summed E-state index contributed by atoms with van der Waals surface area (Å²) in [5.41, 5.74) is 5.83. The summed E-state index contributed by atoms with van der Waals surface area (Å²) < 4.78 is 16.5. The van der Waals surface area contributed by atoms with Crippen molar-refractivity contribution < 1.29 is 19.0 Å². The molecule has 0 unspecified atom stereocenters. The van der Waals surface area contributed by atoms with E-state index in [-0.39, 0.29) is 5.97 Å². The second kappa shape index (κ2) is 11.9. The number of aryl methyl sites for hydroxylation is 2. The number of esters is 1. The number of allylic oxidation sites excluding steroid dienone is 1. The van der Waals surface area contributed by atoms with Crippen LogP contribution in [0.1, 0.15) is 52.4 Å². The first kappa shape index (κ1) is 24.1. The summed E-state index contributed by atoms with van der Waals surface area (Å²) in [7, 11) is 1.43. The van der Waals surface area contributed by atoms with E-state index in [9.17, 15) is 4.79 Å². The van der Waals surface area contributed by atoms with Gasteiger partial charge in [-0.1, -0.05) is 42.5 Å². The Morgan fingerprint density at radius 3 is 2.21 bits per heavy atom. The van der Waals surface area contributed by atoms with Crippen LogP contribution >= 0.6 is 0 Å². The van der Waals surface area contributed by atoms with Gasteiger partial charge in [-0.15, -0.1) is 0 Å². The minimum absolute atomic E-state index is 0.318. The molecule has 4 nitrogen and oxygen atoms in total. The minimum atomic E-state index is -0.318. The van der Waals surface area contributed by atoms with Crippen LogP contribution in [0.25, 0.3) is 11.6 Å². The molecule has 172 valence electrons. The van der Waals surface area contributed by atoms with Crippen molar-refractivity contribution in [2.24, 2.45) is 0 Å². The number of benzene rings is 3. The fourth-order valence-corrected chi connectivity index (χ4v) is 3.94. The monoisotopic (exact) mass is 444 g/mol. The molecule has 0 saturated carbocycles. The lowest BCUT2D eigenvalue weighted by atomic mass is 9.89. The first-order valence-electron chi connectivity index (χ1n) is 11.3. The van der Waals surface area contributed by atoms with Crippen molar-refractivity contribution in [1.29, 1.82) is 0 Å². The summed E-state index contributed by atoms with van der Waals surface area (Å²) in [5, 5.41) is 0. The zero-order valence-electron chi connectivity index (χ0n) is 19.9. The van der Waals surface area contributed by atoms with Gasteiger partial charge in [-0.25, -0.2) is 4.79 Å². The lowest BCUT2D eigenvalue weighted by Crippen LogP contribution is -2.08. The Hall–Kier alpha value is -3.53. The van der Waals surface area contributed by atoms with Crippen molar-refractivity contribution in [3.63, 3.8) is 0 Å². The van der Waals surface area contributed by atoms with Crippen LogP contribution in [0.3, 0.4) is 0 Å². The summed E-state index contributed by atoms with van der Waals surface area (Å²) in [4.78, 5) is 12.6. The maximum absolute atomic E-state index is 12.6. The molecular formula is C29H32O4. The molecular weight excluding hydrogens is 412 g/mol. The quantitative estimate of drug-likeness (QED) is 0.194. The molecule has 0 heterocycles. The third-order valence-corrected chi connectivity index (χ3v) is 5.34. The van der Waals surface area contributed by atoms with Gasteiger partial charge in [0.1, 0.15) is 11.5 Å². The van der Waals surface area contributed by atoms with Gasteiger partial charge in [0.25, 0.3) is 0 Å². The second-order valence-electron chi connectivity index (χ2n) is 7.93. The van der Waals surface area contributed by atoms with E-state index in [1.54, 1.807) is 0 Å². The van der Waals surface area contributed by atoms with Gasteiger partial charge < -0.3 is 14.2 Å². The molecule has 0 saturated heterocycles. The van der Waals surface area contributed by atoms with Crippen LogP contribution in [0, 0.1) is 13.8 Å². The van der Waals surface area contributed by atoms with Gasteiger partial charge >= 0.3 is 5.97 Å². The smallest absolute Gasteiger partial charge is 0.338 e. The summed E-state index contributed by atoms with van der Waals surface area (Å²) in [5.74, 6) is 1.33. The highest BCUT2D eigenvalue weighted by molar-refractivity contribution is 5.99. The highest BCUT2D eigenvalue weighted by Crippen LogP contribution is 2.31. The largest absolute Gasteiger partial charge is 0.494 e. The lowest BCUT2D eigenvalue weighted by molar-refractivity contribution is 0.0600. The first-order valence-corrected chi connectivity index (χ1v) is 11.3. The number of carbonyl (C=O) groups excluding carboxylic acids is 1. The first-order chi connectivity index (χ1) is 16.0. The van der Waals surface area contributed by atoms with E-state index in [0.29, 0.717) is 18.8 Å². The Kier molecular flexibility index (Phi) is 8.71. The van der Waals surface area contributed by atoms with Crippen molar-refractivity contribution in [2.75, 3.05) is 20.3 Å². The summed E-state index contributed by atoms with van der Waals surface area (Å²) in [6, 6.07) is 21.9. The van der Waals surface area contributed by atoms with Gasteiger partial charge in [-0.3, -0.25) is 0 Å². The third kappa shape index (κ3) is 6.72. The van der Waals surface area contributed by atoms with Crippen molar-refractivity contribution in [3.05, 3.63) is 94.5 Å². The Bertz CT molecular complexity index is 1080. The second-order valence-corrected chi connectivity index (χ2v) is 7.93. The van der Waals surface area contributed by atoms with Crippen LogP contribution in [-0.2, 0) is 4.74 Å². The highest BCUT2D eigenvalue weighted by Gasteiger charge is 2.18. The van der Waals surface area contributed by atoms with Gasteiger partial charge in [-0.05, 0) is 91.8 Å². The van der Waals surface area contributed by atoms with E-state index in [2.05, 4.69) is 24.3 Å². The van der Waals surface area contributed by atoms with Crippen molar-refractivity contribution >= 4 is 17.6 Å². The van der Waals surface area contributed by atoms with Crippen LogP contribution in [0.4, 0.5) is 0 Å². The van der Waals surface area contributed by atoms with Gasteiger partial charge in [0.2, 0.25) is 0 Å². The molecule has 0 spiro atoms. The van der Waals surface area contributed by atoms with E-state index in [0.717, 1.165) is 52.2 Å². The number of methoxy groups -OCH3 is 1. The van der Waals surface area contributed by atoms with E-state index in [1.807, 2.05) is 69.3 Å². The van der Waals surface area contributed by atoms with Crippen LogP contribution in [0.2, 0.25) is 0 Å². The molecule has 0 bridgehead atoms. The topological polar surface area (TPSA) is 44.8 Å². The fourth-order valence-electron chi connectivity index (χ4n) is 3.94. The van der Waals surface area contributed by atoms with Crippen LogP contribution in [0.15, 0.2) is 66.7 Å². The molecule has 3 aromatic carbocycles. The fraction of sp³-hybridized carbons (Fsp3) is 0.276. The van der Waals surface area contributed by atoms with Crippen LogP contribution in [0.5, 0.6) is 11.5 Å². The molecule has 0 aliphatic rings. The maximum Gasteiger partial charge on any atom is 0.338 e. The van der Waals surface area contributed by atoms with Crippen LogP contribution < -0.4 is 9.47 Å². The average molecular weight is 445 g/mol. The standard InChI is InChI=1S/C29H32O4/c1-5-32-25-13-15-26(16-14-25)33-17-9-12-24(20-23-10-7-6-8-11-23)28-22(3)18-21(2)19-27(28)29(30)31-4/h6-8,10-11,13-16,18-20H,5,9,12,17H2,1-4H3/b24-20-. The van der Waals surface area contributed by atoms with E-state index >= 15 is 0 Å². The van der Waals surface area contributed by atoms with Crippen molar-refractivity contribution in [3.8, 4) is 11.5 Å². The Morgan fingerprint density at radius 2 is 1.58 bits per heavy atom. The number of hydrogen-bond acceptors (Lipinski definition) is 4. The molecule has 0 aliphatic carbocycles. The molecule has 3 aromatic rings. The summed E-state index contributed by atoms with van der Waals surface area (Å²) in [6.07, 6.45) is 3.72. The normalized spacial score (nSPS) is 11.2. The zero-order chi connectivity index (χ0) is 23.6. The number of hydrogen-bond donors (Lipinski definition) is 0. The number of rotatable bonds is 10. The van der Waals surface area contributed by atoms with Gasteiger partial charge in [0.05, 0.1) is 25.9 Å². The van der Waals surface area contributed by atoms with Gasteiger partial charge in [0, 0.05) is 0 Å². The van der Waals surface area contributed by atoms with Crippen LogP contribution in [-0.4, -0.2) is 26.3 Å². The van der Waals surface area contributed by atoms with E-state index in [1.165, 1.54) is 7.11 Å². The van der Waals surface area contributed by atoms with E-state index in [4.69, 9.17) is 14.2 Å². The predicted octanol–water partition coefficient (Wildman–Crippen LogP) is 6.89. The summed E-state index contributed by atoms with van der Waals surface area (Å²) in [6.45, 7) is 7.21. The molecule has 0 N–H and O–H groups in total. The predicted molar refractivity (Wildman–Crippen MR) is 134 cm³/mol. The molecule has 33 heavy (non-hydrogen) atoms. The van der Waals surface area contributed by atoms with E-state index < -0.39 is 0 Å². The molecule has 4 heteroatoms. The third-order valence-electron chi connectivity index (χ3n) is 5.34.